The molecule has 1 rings (SSSR count). The molecule has 0 saturated heterocycles. The number of esters is 1. The summed E-state index contributed by atoms with van der Waals surface area (Å²) < 4.78 is 44.3. The summed E-state index contributed by atoms with van der Waals surface area (Å²) in [7, 11) is -2.43. The first-order valence-corrected chi connectivity index (χ1v) is 9.43. The lowest BCUT2D eigenvalue weighted by Gasteiger charge is -2.11. The van der Waals surface area contributed by atoms with E-state index in [4.69, 9.17) is 0 Å². The number of anilines is 1. The van der Waals surface area contributed by atoms with Crippen molar-refractivity contribution in [2.45, 2.75) is 45.4 Å². The second kappa shape index (κ2) is 9.50. The highest BCUT2D eigenvalue weighted by atomic mass is 32.2. The minimum absolute atomic E-state index is 0.0306. The Hall–Kier alpha value is -1.63. The highest BCUT2D eigenvalue weighted by Crippen LogP contribution is 2.20. The third-order valence-corrected chi connectivity index (χ3v) is 4.78. The maximum absolute atomic E-state index is 13.2. The van der Waals surface area contributed by atoms with E-state index in [1.165, 1.54) is 6.07 Å². The number of hydrogen-bond donors (Lipinski definition) is 1. The second-order valence-corrected chi connectivity index (χ2v) is 7.21. The predicted molar refractivity (Wildman–Crippen MR) is 88.5 cm³/mol. The van der Waals surface area contributed by atoms with E-state index in [1.807, 2.05) is 0 Å². The lowest BCUT2D eigenvalue weighted by Crippen LogP contribution is -2.19. The Morgan fingerprint density at radius 2 is 1.83 bits per heavy atom. The number of hydrogen-bond acceptors (Lipinski definition) is 4. The fourth-order valence-electron chi connectivity index (χ4n) is 2.18. The van der Waals surface area contributed by atoms with Crippen molar-refractivity contribution < 1.29 is 22.3 Å². The Morgan fingerprint density at radius 3 is 2.48 bits per heavy atom. The molecule has 0 fully saturated rings. The van der Waals surface area contributed by atoms with Gasteiger partial charge in [-0.1, -0.05) is 39.0 Å². The average Bonchev–Trinajstić information content (AvgIpc) is 2.51. The molecule has 0 aromatic heterocycles. The van der Waals surface area contributed by atoms with Crippen molar-refractivity contribution in [1.29, 1.82) is 0 Å². The third kappa shape index (κ3) is 6.99. The van der Waals surface area contributed by atoms with Crippen LogP contribution in [-0.4, -0.2) is 27.2 Å². The van der Waals surface area contributed by atoms with E-state index in [1.54, 1.807) is 0 Å². The summed E-state index contributed by atoms with van der Waals surface area (Å²) in [6, 6.07) is 3.27. The summed E-state index contributed by atoms with van der Waals surface area (Å²) in [6.45, 7) is 2.12. The minimum atomic E-state index is -3.58. The van der Waals surface area contributed by atoms with Gasteiger partial charge >= 0.3 is 5.97 Å². The Balaban J connectivity index is 2.65. The number of ether oxygens (including phenoxy) is 1. The second-order valence-electron chi connectivity index (χ2n) is 5.37. The van der Waals surface area contributed by atoms with Gasteiger partial charge in [0, 0.05) is 0 Å². The van der Waals surface area contributed by atoms with E-state index < -0.39 is 21.8 Å². The van der Waals surface area contributed by atoms with E-state index in [0.717, 1.165) is 51.3 Å². The molecule has 0 saturated carbocycles. The number of halogens is 1. The SMILES string of the molecule is CCCCCCCCS(=O)(=O)Nc1ccc(F)cc1C(=O)OC. The van der Waals surface area contributed by atoms with Crippen molar-refractivity contribution in [2.24, 2.45) is 0 Å². The lowest BCUT2D eigenvalue weighted by atomic mass is 10.1. The van der Waals surface area contributed by atoms with E-state index in [9.17, 15) is 17.6 Å². The van der Waals surface area contributed by atoms with Crippen molar-refractivity contribution in [3.05, 3.63) is 29.6 Å². The summed E-state index contributed by atoms with van der Waals surface area (Å²) in [4.78, 5) is 11.6. The van der Waals surface area contributed by atoms with Crippen molar-refractivity contribution in [1.82, 2.24) is 0 Å². The first-order chi connectivity index (χ1) is 10.9. The lowest BCUT2D eigenvalue weighted by molar-refractivity contribution is 0.0601. The number of methoxy groups -OCH3 is 1. The van der Waals surface area contributed by atoms with Crippen LogP contribution in [0, 0.1) is 5.82 Å². The molecular weight excluding hydrogens is 321 g/mol. The van der Waals surface area contributed by atoms with Crippen LogP contribution in [0.2, 0.25) is 0 Å². The van der Waals surface area contributed by atoms with Gasteiger partial charge in [-0.3, -0.25) is 4.72 Å². The molecule has 0 radical (unpaired) electrons. The Kier molecular flexibility index (Phi) is 8.02. The van der Waals surface area contributed by atoms with Gasteiger partial charge in [-0.05, 0) is 24.6 Å². The number of rotatable bonds is 10. The molecule has 23 heavy (non-hydrogen) atoms. The van der Waals surface area contributed by atoms with E-state index in [0.29, 0.717) is 6.42 Å². The van der Waals surface area contributed by atoms with Crippen molar-refractivity contribution in [3.63, 3.8) is 0 Å². The number of benzene rings is 1. The van der Waals surface area contributed by atoms with E-state index >= 15 is 0 Å². The Bertz CT molecular complexity index is 617. The zero-order chi connectivity index (χ0) is 17.3. The molecule has 0 atom stereocenters. The number of carbonyl (C=O) groups excluding carboxylic acids is 1. The van der Waals surface area contributed by atoms with Crippen LogP contribution in [0.1, 0.15) is 55.8 Å². The highest BCUT2D eigenvalue weighted by molar-refractivity contribution is 7.92. The zero-order valence-corrected chi connectivity index (χ0v) is 14.4. The largest absolute Gasteiger partial charge is 0.465 e. The van der Waals surface area contributed by atoms with Crippen LogP contribution in [0.4, 0.5) is 10.1 Å². The van der Waals surface area contributed by atoms with Crippen LogP contribution in [0.5, 0.6) is 0 Å². The topological polar surface area (TPSA) is 72.5 Å². The zero-order valence-electron chi connectivity index (χ0n) is 13.6. The number of unbranched alkanes of at least 4 members (excludes halogenated alkanes) is 5. The van der Waals surface area contributed by atoms with E-state index in [-0.39, 0.29) is 17.0 Å². The standard InChI is InChI=1S/C16H24FNO4S/c1-3-4-5-6-7-8-11-23(20,21)18-15-10-9-13(17)12-14(15)16(19)22-2/h9-10,12,18H,3-8,11H2,1-2H3. The van der Waals surface area contributed by atoms with Crippen LogP contribution in [0.25, 0.3) is 0 Å². The van der Waals surface area contributed by atoms with Crippen molar-refractivity contribution in [3.8, 4) is 0 Å². The smallest absolute Gasteiger partial charge is 0.340 e. The average molecular weight is 345 g/mol. The van der Waals surface area contributed by atoms with Crippen LogP contribution in [0.15, 0.2) is 18.2 Å². The van der Waals surface area contributed by atoms with Crippen molar-refractivity contribution in [2.75, 3.05) is 17.6 Å². The molecule has 1 aromatic carbocycles. The number of carbonyl (C=O) groups is 1. The van der Waals surface area contributed by atoms with Gasteiger partial charge < -0.3 is 4.74 Å². The summed E-state index contributed by atoms with van der Waals surface area (Å²) in [5.41, 5.74) is -0.108. The van der Waals surface area contributed by atoms with Gasteiger partial charge in [0.25, 0.3) is 0 Å². The first-order valence-electron chi connectivity index (χ1n) is 7.78. The van der Waals surface area contributed by atoms with Gasteiger partial charge in [-0.15, -0.1) is 0 Å². The fourth-order valence-corrected chi connectivity index (χ4v) is 3.37. The Morgan fingerprint density at radius 1 is 1.17 bits per heavy atom. The van der Waals surface area contributed by atoms with Gasteiger partial charge in [0.1, 0.15) is 5.82 Å². The van der Waals surface area contributed by atoms with Gasteiger partial charge in [0.2, 0.25) is 10.0 Å². The molecule has 0 spiro atoms. The molecule has 1 N–H and O–H groups in total. The minimum Gasteiger partial charge on any atom is -0.465 e. The van der Waals surface area contributed by atoms with Gasteiger partial charge in [0.05, 0.1) is 24.1 Å². The molecular formula is C16H24FNO4S. The van der Waals surface area contributed by atoms with Gasteiger partial charge in [0.15, 0.2) is 0 Å². The Labute approximate surface area is 137 Å². The van der Waals surface area contributed by atoms with Crippen LogP contribution < -0.4 is 4.72 Å². The fraction of sp³-hybridized carbons (Fsp3) is 0.562. The molecule has 1 aromatic rings. The molecule has 0 heterocycles. The maximum atomic E-state index is 13.2. The molecule has 5 nitrogen and oxygen atoms in total. The summed E-state index contributed by atoms with van der Waals surface area (Å²) in [5, 5.41) is 0. The number of sulfonamides is 1. The monoisotopic (exact) mass is 345 g/mol. The molecule has 130 valence electrons. The van der Waals surface area contributed by atoms with Crippen molar-refractivity contribution >= 4 is 21.7 Å². The number of nitrogens with one attached hydrogen (secondary N) is 1. The van der Waals surface area contributed by atoms with Crippen LogP contribution in [0.3, 0.4) is 0 Å². The first kappa shape index (κ1) is 19.4. The normalized spacial score (nSPS) is 11.3. The molecule has 0 aliphatic carbocycles. The quantitative estimate of drug-likeness (QED) is 0.518. The molecule has 7 heteroatoms. The van der Waals surface area contributed by atoms with Gasteiger partial charge in [-0.25, -0.2) is 17.6 Å². The van der Waals surface area contributed by atoms with Crippen LogP contribution in [-0.2, 0) is 14.8 Å². The van der Waals surface area contributed by atoms with Gasteiger partial charge in [-0.2, -0.15) is 0 Å². The third-order valence-electron chi connectivity index (χ3n) is 3.42. The molecule has 0 bridgehead atoms. The summed E-state index contributed by atoms with van der Waals surface area (Å²) >= 11 is 0. The molecule has 0 aliphatic heterocycles. The van der Waals surface area contributed by atoms with Crippen LogP contribution >= 0.6 is 0 Å². The summed E-state index contributed by atoms with van der Waals surface area (Å²) in [5.74, 6) is -1.46. The summed E-state index contributed by atoms with van der Waals surface area (Å²) in [6.07, 6.45) is 5.80. The molecule has 0 unspecified atom stereocenters. The van der Waals surface area contributed by atoms with E-state index in [2.05, 4.69) is 16.4 Å². The predicted octanol–water partition coefficient (Wildman–Crippen LogP) is 3.71. The molecule has 0 amide bonds. The molecule has 0 aliphatic rings. The highest BCUT2D eigenvalue weighted by Gasteiger charge is 2.18. The maximum Gasteiger partial charge on any atom is 0.340 e.